The molecule has 0 radical (unpaired) electrons. The van der Waals surface area contributed by atoms with Gasteiger partial charge in [0.1, 0.15) is 18.3 Å². The molecule has 0 aromatic carbocycles. The maximum absolute atomic E-state index is 11.9. The minimum atomic E-state index is -1.12. The van der Waals surface area contributed by atoms with Crippen molar-refractivity contribution >= 4 is 11.2 Å². The van der Waals surface area contributed by atoms with Crippen molar-refractivity contribution in [2.75, 3.05) is 0 Å². The van der Waals surface area contributed by atoms with Crippen LogP contribution in [0.15, 0.2) is 15.9 Å². The summed E-state index contributed by atoms with van der Waals surface area (Å²) in [5, 5.41) is 19.8. The number of imidazole rings is 1. The van der Waals surface area contributed by atoms with Crippen LogP contribution in [0.4, 0.5) is 0 Å². The van der Waals surface area contributed by atoms with E-state index in [0.29, 0.717) is 5.65 Å². The summed E-state index contributed by atoms with van der Waals surface area (Å²) in [6.07, 6.45) is -2.43. The minimum absolute atomic E-state index is 0.0481. The van der Waals surface area contributed by atoms with Gasteiger partial charge >= 0.3 is 5.69 Å². The number of aliphatic hydroxyl groups excluding tert-OH is 2. The van der Waals surface area contributed by atoms with Gasteiger partial charge in [-0.3, -0.25) is 18.9 Å². The number of aromatic amines is 1. The molecule has 2 bridgehead atoms. The Morgan fingerprint density at radius 3 is 2.95 bits per heavy atom. The molecule has 4 heterocycles. The van der Waals surface area contributed by atoms with E-state index in [1.807, 2.05) is 0 Å². The molecule has 0 amide bonds. The number of H-pyrrole nitrogens is 1. The maximum Gasteiger partial charge on any atom is 0.330 e. The highest BCUT2D eigenvalue weighted by Gasteiger charge is 2.46. The lowest BCUT2D eigenvalue weighted by Gasteiger charge is -2.19. The predicted molar refractivity (Wildman–Crippen MR) is 60.5 cm³/mol. The van der Waals surface area contributed by atoms with Gasteiger partial charge in [0.05, 0.1) is 12.9 Å². The molecule has 2 aromatic rings. The standard InChI is InChI=1S/C10H10N4O5/c15-5-3-1-13-8-4(7(17)12-10(13)18)11-2-14(8)9(19-3)6(5)16/h2-3,5-6,9,15-16H,1H2,(H,12,17,18)/t3-,5-,6-,9-/m1/s1. The number of aliphatic hydroxyl groups is 2. The Morgan fingerprint density at radius 1 is 1.37 bits per heavy atom. The largest absolute Gasteiger partial charge is 0.387 e. The van der Waals surface area contributed by atoms with Gasteiger partial charge in [-0.05, 0) is 0 Å². The first kappa shape index (κ1) is 10.9. The fourth-order valence-corrected chi connectivity index (χ4v) is 2.75. The monoisotopic (exact) mass is 266 g/mol. The van der Waals surface area contributed by atoms with E-state index >= 15 is 0 Å². The molecule has 0 aliphatic carbocycles. The van der Waals surface area contributed by atoms with Crippen molar-refractivity contribution in [1.29, 1.82) is 0 Å². The fraction of sp³-hybridized carbons (Fsp3) is 0.500. The van der Waals surface area contributed by atoms with Gasteiger partial charge < -0.3 is 14.9 Å². The summed E-state index contributed by atoms with van der Waals surface area (Å²) in [6.45, 7) is 0.0481. The number of aromatic nitrogens is 4. The summed E-state index contributed by atoms with van der Waals surface area (Å²) in [5.74, 6) is 0. The number of nitrogens with one attached hydrogen (secondary N) is 1. The fourth-order valence-electron chi connectivity index (χ4n) is 2.75. The third kappa shape index (κ3) is 1.21. The van der Waals surface area contributed by atoms with E-state index in [-0.39, 0.29) is 12.1 Å². The number of ether oxygens (including phenoxy) is 1. The van der Waals surface area contributed by atoms with Gasteiger partial charge in [0, 0.05) is 0 Å². The van der Waals surface area contributed by atoms with Crippen LogP contribution in [0, 0.1) is 0 Å². The summed E-state index contributed by atoms with van der Waals surface area (Å²) in [7, 11) is 0. The molecule has 3 N–H and O–H groups in total. The molecule has 19 heavy (non-hydrogen) atoms. The second-order valence-corrected chi connectivity index (χ2v) is 4.74. The van der Waals surface area contributed by atoms with E-state index in [1.165, 1.54) is 15.5 Å². The Balaban J connectivity index is 2.13. The van der Waals surface area contributed by atoms with Crippen LogP contribution in [0.1, 0.15) is 6.23 Å². The minimum Gasteiger partial charge on any atom is -0.387 e. The Morgan fingerprint density at radius 2 is 2.16 bits per heavy atom. The van der Waals surface area contributed by atoms with Crippen molar-refractivity contribution < 1.29 is 14.9 Å². The summed E-state index contributed by atoms with van der Waals surface area (Å²) < 4.78 is 8.22. The summed E-state index contributed by atoms with van der Waals surface area (Å²) >= 11 is 0. The van der Waals surface area contributed by atoms with Crippen molar-refractivity contribution in [3.8, 4) is 0 Å². The van der Waals surface area contributed by atoms with Crippen LogP contribution in [-0.2, 0) is 11.3 Å². The van der Waals surface area contributed by atoms with Crippen LogP contribution in [0.2, 0.25) is 0 Å². The van der Waals surface area contributed by atoms with Gasteiger partial charge in [0.25, 0.3) is 5.56 Å². The number of fused-ring (bicyclic) bond motifs is 3. The van der Waals surface area contributed by atoms with Crippen LogP contribution in [0.5, 0.6) is 0 Å². The third-order valence-electron chi connectivity index (χ3n) is 3.68. The van der Waals surface area contributed by atoms with Crippen molar-refractivity contribution in [3.05, 3.63) is 27.2 Å². The summed E-state index contributed by atoms with van der Waals surface area (Å²) in [5.41, 5.74) is -0.760. The van der Waals surface area contributed by atoms with Gasteiger partial charge in [-0.1, -0.05) is 0 Å². The molecule has 1 fully saturated rings. The summed E-state index contributed by atoms with van der Waals surface area (Å²) in [4.78, 5) is 29.6. The van der Waals surface area contributed by atoms with Crippen LogP contribution < -0.4 is 11.2 Å². The molecule has 9 heteroatoms. The maximum atomic E-state index is 11.9. The van der Waals surface area contributed by atoms with Crippen LogP contribution >= 0.6 is 0 Å². The van der Waals surface area contributed by atoms with E-state index in [2.05, 4.69) is 9.97 Å². The van der Waals surface area contributed by atoms with Crippen molar-refractivity contribution in [2.45, 2.75) is 31.1 Å². The SMILES string of the molecule is O=c1[nH]c(=O)n2c3c1ncn3[C@@H]1O[C@H](C2)[C@@H](O)[C@H]1O. The molecule has 0 saturated carbocycles. The number of hydrogen-bond donors (Lipinski definition) is 3. The first-order valence-corrected chi connectivity index (χ1v) is 5.79. The number of hydrogen-bond acceptors (Lipinski definition) is 6. The first-order valence-electron chi connectivity index (χ1n) is 5.79. The molecule has 0 unspecified atom stereocenters. The number of rotatable bonds is 0. The third-order valence-corrected chi connectivity index (χ3v) is 3.68. The van der Waals surface area contributed by atoms with Crippen molar-refractivity contribution in [2.24, 2.45) is 0 Å². The molecule has 9 nitrogen and oxygen atoms in total. The lowest BCUT2D eigenvalue weighted by atomic mass is 10.1. The Labute approximate surface area is 104 Å². The van der Waals surface area contributed by atoms with Crippen molar-refractivity contribution in [1.82, 2.24) is 19.1 Å². The van der Waals surface area contributed by atoms with Crippen molar-refractivity contribution in [3.63, 3.8) is 0 Å². The summed E-state index contributed by atoms with van der Waals surface area (Å²) in [6, 6.07) is 0. The highest BCUT2D eigenvalue weighted by atomic mass is 16.6. The Kier molecular flexibility index (Phi) is 1.91. The lowest BCUT2D eigenvalue weighted by Crippen LogP contribution is -2.40. The zero-order chi connectivity index (χ0) is 13.3. The molecule has 2 aliphatic rings. The van der Waals surface area contributed by atoms with Gasteiger partial charge in [-0.15, -0.1) is 0 Å². The molecule has 4 rings (SSSR count). The van der Waals surface area contributed by atoms with Crippen LogP contribution in [0.3, 0.4) is 0 Å². The van der Waals surface area contributed by atoms with Gasteiger partial charge in [-0.2, -0.15) is 0 Å². The molecular weight excluding hydrogens is 256 g/mol. The molecule has 2 aromatic heterocycles. The zero-order valence-corrected chi connectivity index (χ0v) is 9.55. The Bertz CT molecular complexity index is 789. The zero-order valence-electron chi connectivity index (χ0n) is 9.55. The molecule has 100 valence electrons. The van der Waals surface area contributed by atoms with Gasteiger partial charge in [0.15, 0.2) is 17.4 Å². The topological polar surface area (TPSA) is 122 Å². The molecule has 4 atom stereocenters. The molecule has 1 saturated heterocycles. The van der Waals surface area contributed by atoms with Gasteiger partial charge in [0.2, 0.25) is 0 Å². The van der Waals surface area contributed by atoms with Gasteiger partial charge in [-0.25, -0.2) is 9.78 Å². The smallest absolute Gasteiger partial charge is 0.330 e. The van der Waals surface area contributed by atoms with E-state index in [9.17, 15) is 19.8 Å². The quantitative estimate of drug-likeness (QED) is 0.485. The average Bonchev–Trinajstić information content (AvgIpc) is 2.85. The van der Waals surface area contributed by atoms with E-state index in [1.54, 1.807) is 0 Å². The first-order chi connectivity index (χ1) is 9.08. The number of nitrogens with zero attached hydrogens (tertiary/aromatic N) is 3. The highest BCUT2D eigenvalue weighted by Crippen LogP contribution is 2.34. The van der Waals surface area contributed by atoms with E-state index < -0.39 is 35.8 Å². The normalized spacial score (nSPS) is 32.7. The second-order valence-electron chi connectivity index (χ2n) is 4.74. The van der Waals surface area contributed by atoms with Crippen LogP contribution in [0.25, 0.3) is 11.2 Å². The lowest BCUT2D eigenvalue weighted by molar-refractivity contribution is -0.0331. The van der Waals surface area contributed by atoms with E-state index in [0.717, 1.165) is 0 Å². The van der Waals surface area contributed by atoms with Crippen LogP contribution in [-0.4, -0.2) is 47.6 Å². The predicted octanol–water partition coefficient (Wildman–Crippen LogP) is -2.48. The second kappa shape index (κ2) is 3.32. The molecule has 2 aliphatic heterocycles. The molecular formula is C10H10N4O5. The Hall–Kier alpha value is -1.97. The van der Waals surface area contributed by atoms with E-state index in [4.69, 9.17) is 4.74 Å². The highest BCUT2D eigenvalue weighted by molar-refractivity contribution is 5.70. The molecule has 0 spiro atoms. The average molecular weight is 266 g/mol.